The Bertz CT molecular complexity index is 1480. The number of aromatic nitrogens is 2. The molecule has 0 saturated heterocycles. The lowest BCUT2D eigenvalue weighted by molar-refractivity contribution is 0.0697. The number of carboxylic acids is 1. The smallest absolute Gasteiger partial charge is 0.336 e. The van der Waals surface area contributed by atoms with E-state index in [1.165, 1.54) is 17.4 Å². The number of benzene rings is 2. The summed E-state index contributed by atoms with van der Waals surface area (Å²) in [6.45, 7) is 0. The van der Waals surface area contributed by atoms with Crippen molar-refractivity contribution in [3.63, 3.8) is 0 Å². The van der Waals surface area contributed by atoms with Crippen molar-refractivity contribution in [2.45, 2.75) is 0 Å². The summed E-state index contributed by atoms with van der Waals surface area (Å²) in [7, 11) is 0. The van der Waals surface area contributed by atoms with Gasteiger partial charge in [0.15, 0.2) is 4.96 Å². The van der Waals surface area contributed by atoms with Crippen LogP contribution >= 0.6 is 11.3 Å². The highest BCUT2D eigenvalue weighted by molar-refractivity contribution is 7.15. The summed E-state index contributed by atoms with van der Waals surface area (Å²) < 4.78 is 7.89. The van der Waals surface area contributed by atoms with Crippen molar-refractivity contribution in [1.29, 1.82) is 0 Å². The SMILES string of the molecule is O=C(O)c1ccccc1-c1ccc(C=c2sc3nc4ccccc4n3c2=O)o1. The molecular formula is C21H12N2O4S. The van der Waals surface area contributed by atoms with Crippen LogP contribution in [0.25, 0.3) is 33.4 Å². The monoisotopic (exact) mass is 388 g/mol. The number of nitrogens with zero attached hydrogens (tertiary/aromatic N) is 2. The zero-order chi connectivity index (χ0) is 19.3. The Kier molecular flexibility index (Phi) is 3.63. The van der Waals surface area contributed by atoms with Crippen LogP contribution in [0.5, 0.6) is 0 Å². The van der Waals surface area contributed by atoms with E-state index in [-0.39, 0.29) is 11.1 Å². The molecule has 0 radical (unpaired) electrons. The standard InChI is InChI=1S/C21H12N2O4S/c24-19-18(28-21-22-15-7-3-4-8-16(15)23(19)21)11-12-9-10-17(27-12)13-5-1-2-6-14(13)20(25)26/h1-11H,(H,25,26). The van der Waals surface area contributed by atoms with Crippen LogP contribution in [0.4, 0.5) is 0 Å². The molecule has 136 valence electrons. The molecule has 3 heterocycles. The van der Waals surface area contributed by atoms with E-state index >= 15 is 0 Å². The van der Waals surface area contributed by atoms with Crippen LogP contribution in [0.3, 0.4) is 0 Å². The van der Waals surface area contributed by atoms with Crippen LogP contribution in [0.2, 0.25) is 0 Å². The fourth-order valence-corrected chi connectivity index (χ4v) is 4.17. The highest BCUT2D eigenvalue weighted by Crippen LogP contribution is 2.26. The molecule has 0 unspecified atom stereocenters. The Balaban J connectivity index is 1.63. The zero-order valence-corrected chi connectivity index (χ0v) is 15.1. The maximum absolute atomic E-state index is 12.8. The first-order chi connectivity index (χ1) is 13.6. The third-order valence-corrected chi connectivity index (χ3v) is 5.44. The molecule has 2 aromatic carbocycles. The van der Waals surface area contributed by atoms with Crippen LogP contribution in [0.1, 0.15) is 16.1 Å². The molecule has 0 amide bonds. The summed E-state index contributed by atoms with van der Waals surface area (Å²) in [5, 5.41) is 9.35. The Morgan fingerprint density at radius 1 is 1.07 bits per heavy atom. The number of furan rings is 1. The average molecular weight is 388 g/mol. The first-order valence-corrected chi connectivity index (χ1v) is 9.28. The second-order valence-corrected chi connectivity index (χ2v) is 7.20. The van der Waals surface area contributed by atoms with Gasteiger partial charge in [-0.1, -0.05) is 41.7 Å². The number of carbonyl (C=O) groups is 1. The van der Waals surface area contributed by atoms with Crippen molar-refractivity contribution >= 4 is 39.4 Å². The van der Waals surface area contributed by atoms with Gasteiger partial charge < -0.3 is 9.52 Å². The molecule has 0 aliphatic heterocycles. The third kappa shape index (κ3) is 2.52. The van der Waals surface area contributed by atoms with E-state index < -0.39 is 5.97 Å². The molecule has 0 aliphatic rings. The predicted molar refractivity (Wildman–Crippen MR) is 107 cm³/mol. The molecule has 0 atom stereocenters. The van der Waals surface area contributed by atoms with E-state index in [0.29, 0.717) is 26.6 Å². The number of aromatic carboxylic acids is 1. The quantitative estimate of drug-likeness (QED) is 0.512. The minimum Gasteiger partial charge on any atom is -0.478 e. The van der Waals surface area contributed by atoms with E-state index in [1.54, 1.807) is 40.8 Å². The van der Waals surface area contributed by atoms with Crippen LogP contribution in [0.15, 0.2) is 69.9 Å². The Morgan fingerprint density at radius 2 is 1.86 bits per heavy atom. The summed E-state index contributed by atoms with van der Waals surface area (Å²) in [6, 6.07) is 17.5. The lowest BCUT2D eigenvalue weighted by atomic mass is 10.1. The number of thiazole rings is 1. The summed E-state index contributed by atoms with van der Waals surface area (Å²) in [5.41, 5.74) is 2.05. The number of hydrogen-bond acceptors (Lipinski definition) is 5. The lowest BCUT2D eigenvalue weighted by Gasteiger charge is -2.01. The van der Waals surface area contributed by atoms with Gasteiger partial charge in [-0.3, -0.25) is 4.79 Å². The van der Waals surface area contributed by atoms with Gasteiger partial charge >= 0.3 is 5.97 Å². The second-order valence-electron chi connectivity index (χ2n) is 6.19. The number of fused-ring (bicyclic) bond motifs is 3. The van der Waals surface area contributed by atoms with Gasteiger partial charge in [-0.05, 0) is 30.3 Å². The molecule has 6 nitrogen and oxygen atoms in total. The number of carboxylic acid groups (broad SMARTS) is 1. The van der Waals surface area contributed by atoms with E-state index in [1.807, 2.05) is 24.3 Å². The van der Waals surface area contributed by atoms with Gasteiger partial charge in [0, 0.05) is 11.6 Å². The molecule has 5 rings (SSSR count). The van der Waals surface area contributed by atoms with Crippen molar-refractivity contribution in [2.75, 3.05) is 0 Å². The molecule has 7 heteroatoms. The predicted octanol–water partition coefficient (Wildman–Crippen LogP) is 3.42. The lowest BCUT2D eigenvalue weighted by Crippen LogP contribution is -2.22. The highest BCUT2D eigenvalue weighted by atomic mass is 32.1. The number of rotatable bonds is 3. The van der Waals surface area contributed by atoms with Crippen LogP contribution in [0, 0.1) is 0 Å². The van der Waals surface area contributed by atoms with Crippen molar-refractivity contribution in [3.05, 3.63) is 86.9 Å². The first-order valence-electron chi connectivity index (χ1n) is 8.46. The maximum Gasteiger partial charge on any atom is 0.336 e. The number of para-hydroxylation sites is 2. The van der Waals surface area contributed by atoms with Gasteiger partial charge in [-0.15, -0.1) is 0 Å². The second kappa shape index (κ2) is 6.17. The molecule has 28 heavy (non-hydrogen) atoms. The van der Waals surface area contributed by atoms with Crippen molar-refractivity contribution in [1.82, 2.24) is 9.38 Å². The Labute approximate surface area is 161 Å². The van der Waals surface area contributed by atoms with Gasteiger partial charge in [0.1, 0.15) is 16.1 Å². The van der Waals surface area contributed by atoms with Gasteiger partial charge in [-0.25, -0.2) is 14.2 Å². The molecule has 0 spiro atoms. The minimum absolute atomic E-state index is 0.155. The molecule has 0 aliphatic carbocycles. The van der Waals surface area contributed by atoms with Crippen LogP contribution < -0.4 is 10.1 Å². The van der Waals surface area contributed by atoms with Gasteiger partial charge in [0.2, 0.25) is 0 Å². The first kappa shape index (κ1) is 16.5. The van der Waals surface area contributed by atoms with Gasteiger partial charge in [-0.2, -0.15) is 0 Å². The molecule has 5 aromatic rings. The summed E-state index contributed by atoms with van der Waals surface area (Å²) >= 11 is 1.29. The van der Waals surface area contributed by atoms with Crippen molar-refractivity contribution in [2.24, 2.45) is 0 Å². The number of hydrogen-bond donors (Lipinski definition) is 1. The van der Waals surface area contributed by atoms with Gasteiger partial charge in [0.25, 0.3) is 5.56 Å². The third-order valence-electron chi connectivity index (χ3n) is 4.47. The molecule has 1 N–H and O–H groups in total. The van der Waals surface area contributed by atoms with E-state index in [4.69, 9.17) is 4.42 Å². The Hall–Kier alpha value is -3.71. The van der Waals surface area contributed by atoms with E-state index in [0.717, 1.165) is 11.0 Å². The fourth-order valence-electron chi connectivity index (χ4n) is 3.20. The molecular weight excluding hydrogens is 376 g/mol. The molecule has 3 aromatic heterocycles. The van der Waals surface area contributed by atoms with Crippen LogP contribution in [-0.4, -0.2) is 20.5 Å². The van der Waals surface area contributed by atoms with Gasteiger partial charge in [0.05, 0.1) is 16.6 Å². The maximum atomic E-state index is 12.8. The number of imidazole rings is 1. The summed E-state index contributed by atoms with van der Waals surface area (Å²) in [4.78, 5) is 29.3. The van der Waals surface area contributed by atoms with Crippen molar-refractivity contribution in [3.8, 4) is 11.3 Å². The zero-order valence-electron chi connectivity index (χ0n) is 14.3. The molecule has 0 fully saturated rings. The van der Waals surface area contributed by atoms with Crippen molar-refractivity contribution < 1.29 is 14.3 Å². The van der Waals surface area contributed by atoms with Crippen LogP contribution in [-0.2, 0) is 0 Å². The van der Waals surface area contributed by atoms with E-state index in [2.05, 4.69) is 4.98 Å². The largest absolute Gasteiger partial charge is 0.478 e. The highest BCUT2D eigenvalue weighted by Gasteiger charge is 2.14. The normalized spacial score (nSPS) is 12.2. The summed E-state index contributed by atoms with van der Waals surface area (Å²) in [5.74, 6) is -0.115. The summed E-state index contributed by atoms with van der Waals surface area (Å²) in [6.07, 6.45) is 1.66. The minimum atomic E-state index is -1.02. The topological polar surface area (TPSA) is 84.8 Å². The average Bonchev–Trinajstić information content (AvgIpc) is 3.38. The Morgan fingerprint density at radius 3 is 2.71 bits per heavy atom. The fraction of sp³-hybridized carbons (Fsp3) is 0. The molecule has 0 saturated carbocycles. The van der Waals surface area contributed by atoms with E-state index in [9.17, 15) is 14.7 Å². The molecule has 0 bridgehead atoms.